The second kappa shape index (κ2) is 7.05. The molecule has 0 saturated heterocycles. The molecule has 1 aromatic heterocycles. The predicted molar refractivity (Wildman–Crippen MR) is 112 cm³/mol. The fraction of sp³-hybridized carbons (Fsp3) is 0.136. The number of carbonyl (C=O) groups excluding carboxylic acids is 2. The lowest BCUT2D eigenvalue weighted by molar-refractivity contribution is -0.116. The van der Waals surface area contributed by atoms with Crippen molar-refractivity contribution in [1.82, 2.24) is 9.88 Å². The predicted octanol–water partition coefficient (Wildman–Crippen LogP) is 4.49. The van der Waals surface area contributed by atoms with Gasteiger partial charge in [-0.05, 0) is 31.5 Å². The lowest BCUT2D eigenvalue weighted by atomic mass is 10.0. The molecule has 5 nitrogen and oxygen atoms in total. The number of nitrogens with one attached hydrogen (secondary N) is 1. The standard InChI is InChI=1S/C22H19N3O2S/c1-13-8-9-14(2)18(10-13)19-12-28-22(23-19)24-20(26)11-25-15(3)16-6-4-5-7-17(16)21(25)27/h4-10,12H,3,11H2,1-2H3,(H,23,24,26). The van der Waals surface area contributed by atoms with E-state index in [1.54, 1.807) is 12.1 Å². The smallest absolute Gasteiger partial charge is 0.259 e. The summed E-state index contributed by atoms with van der Waals surface area (Å²) in [6, 6.07) is 13.4. The molecular formula is C22H19N3O2S. The first-order chi connectivity index (χ1) is 13.4. The third-order valence-electron chi connectivity index (χ3n) is 4.76. The topological polar surface area (TPSA) is 62.3 Å². The number of anilines is 1. The van der Waals surface area contributed by atoms with Gasteiger partial charge >= 0.3 is 0 Å². The van der Waals surface area contributed by atoms with E-state index in [0.29, 0.717) is 16.4 Å². The zero-order valence-corrected chi connectivity index (χ0v) is 16.5. The van der Waals surface area contributed by atoms with Gasteiger partial charge in [-0.15, -0.1) is 11.3 Å². The number of nitrogens with zero attached hydrogens (tertiary/aromatic N) is 2. The van der Waals surface area contributed by atoms with Crippen LogP contribution in [0.2, 0.25) is 0 Å². The van der Waals surface area contributed by atoms with E-state index in [4.69, 9.17) is 0 Å². The number of fused-ring (bicyclic) bond motifs is 1. The largest absolute Gasteiger partial charge is 0.300 e. The SMILES string of the molecule is C=C1c2ccccc2C(=O)N1CC(=O)Nc1nc(-c2cc(C)ccc2C)cs1. The molecule has 140 valence electrons. The number of hydrogen-bond donors (Lipinski definition) is 1. The van der Waals surface area contributed by atoms with Crippen molar-refractivity contribution in [2.24, 2.45) is 0 Å². The maximum atomic E-state index is 12.5. The molecule has 0 fully saturated rings. The van der Waals surface area contributed by atoms with Crippen LogP contribution in [0.5, 0.6) is 0 Å². The second-order valence-electron chi connectivity index (χ2n) is 6.79. The zero-order valence-electron chi connectivity index (χ0n) is 15.7. The third-order valence-corrected chi connectivity index (χ3v) is 5.52. The van der Waals surface area contributed by atoms with Gasteiger partial charge in [-0.25, -0.2) is 4.98 Å². The number of amides is 2. The third kappa shape index (κ3) is 3.23. The van der Waals surface area contributed by atoms with Crippen molar-refractivity contribution in [3.05, 3.63) is 76.7 Å². The highest BCUT2D eigenvalue weighted by molar-refractivity contribution is 7.14. The quantitative estimate of drug-likeness (QED) is 0.715. The van der Waals surface area contributed by atoms with Gasteiger partial charge in [0.25, 0.3) is 5.91 Å². The van der Waals surface area contributed by atoms with Gasteiger partial charge in [0, 0.05) is 27.8 Å². The average Bonchev–Trinajstić information content (AvgIpc) is 3.23. The molecule has 0 saturated carbocycles. The summed E-state index contributed by atoms with van der Waals surface area (Å²) in [5.74, 6) is -0.505. The minimum Gasteiger partial charge on any atom is -0.300 e. The van der Waals surface area contributed by atoms with E-state index in [1.807, 2.05) is 31.4 Å². The molecule has 0 atom stereocenters. The molecule has 1 aliphatic rings. The van der Waals surface area contributed by atoms with Crippen LogP contribution in [0.4, 0.5) is 5.13 Å². The molecule has 2 amide bonds. The molecule has 28 heavy (non-hydrogen) atoms. The average molecular weight is 389 g/mol. The van der Waals surface area contributed by atoms with Crippen LogP contribution in [0.15, 0.2) is 54.4 Å². The highest BCUT2D eigenvalue weighted by Gasteiger charge is 2.31. The maximum absolute atomic E-state index is 12.5. The summed E-state index contributed by atoms with van der Waals surface area (Å²) in [5, 5.41) is 5.23. The van der Waals surface area contributed by atoms with Crippen LogP contribution in [-0.2, 0) is 4.79 Å². The Balaban J connectivity index is 1.47. The number of rotatable bonds is 4. The molecule has 0 aliphatic carbocycles. The molecule has 0 spiro atoms. The number of aryl methyl sites for hydroxylation is 2. The fourth-order valence-electron chi connectivity index (χ4n) is 3.27. The van der Waals surface area contributed by atoms with Crippen LogP contribution in [0, 0.1) is 13.8 Å². The van der Waals surface area contributed by atoms with Gasteiger partial charge in [0.1, 0.15) is 6.54 Å². The Morgan fingerprint density at radius 1 is 1.14 bits per heavy atom. The zero-order chi connectivity index (χ0) is 19.8. The molecule has 2 heterocycles. The minimum atomic E-state index is -0.302. The second-order valence-corrected chi connectivity index (χ2v) is 7.65. The Labute approximate surface area is 167 Å². The van der Waals surface area contributed by atoms with Crippen LogP contribution >= 0.6 is 11.3 Å². The summed E-state index contributed by atoms with van der Waals surface area (Å²) in [5.41, 5.74) is 6.06. The molecule has 0 radical (unpaired) electrons. The first kappa shape index (κ1) is 18.1. The summed E-state index contributed by atoms with van der Waals surface area (Å²) >= 11 is 1.37. The van der Waals surface area contributed by atoms with E-state index >= 15 is 0 Å². The van der Waals surface area contributed by atoms with Crippen LogP contribution < -0.4 is 5.32 Å². The number of hydrogen-bond acceptors (Lipinski definition) is 4. The summed E-state index contributed by atoms with van der Waals surface area (Å²) in [7, 11) is 0. The van der Waals surface area contributed by atoms with Crippen molar-refractivity contribution in [3.63, 3.8) is 0 Å². The molecule has 1 aliphatic heterocycles. The normalized spacial score (nSPS) is 13.0. The number of thiazole rings is 1. The lowest BCUT2D eigenvalue weighted by Crippen LogP contribution is -2.32. The van der Waals surface area contributed by atoms with Crippen molar-refractivity contribution < 1.29 is 9.59 Å². The Bertz CT molecular complexity index is 1080. The van der Waals surface area contributed by atoms with Crippen LogP contribution in [0.25, 0.3) is 17.0 Å². The van der Waals surface area contributed by atoms with Gasteiger partial charge in [-0.3, -0.25) is 14.5 Å². The van der Waals surface area contributed by atoms with Gasteiger partial charge in [-0.2, -0.15) is 0 Å². The Kier molecular flexibility index (Phi) is 4.57. The minimum absolute atomic E-state index is 0.0925. The summed E-state index contributed by atoms with van der Waals surface area (Å²) in [6.45, 7) is 7.94. The molecule has 6 heteroatoms. The van der Waals surface area contributed by atoms with E-state index in [1.165, 1.54) is 16.2 Å². The van der Waals surface area contributed by atoms with Crippen molar-refractivity contribution in [2.75, 3.05) is 11.9 Å². The van der Waals surface area contributed by atoms with Gasteiger partial charge < -0.3 is 5.32 Å². The maximum Gasteiger partial charge on any atom is 0.259 e. The number of aromatic nitrogens is 1. The lowest BCUT2D eigenvalue weighted by Gasteiger charge is -2.16. The summed E-state index contributed by atoms with van der Waals surface area (Å²) < 4.78 is 0. The molecule has 1 N–H and O–H groups in total. The molecule has 2 aromatic carbocycles. The van der Waals surface area contributed by atoms with Crippen LogP contribution in [0.1, 0.15) is 27.0 Å². The highest BCUT2D eigenvalue weighted by atomic mass is 32.1. The van der Waals surface area contributed by atoms with E-state index in [9.17, 15) is 9.59 Å². The Hall–Kier alpha value is -3.25. The molecule has 4 rings (SSSR count). The number of carbonyl (C=O) groups is 2. The molecule has 0 bridgehead atoms. The van der Waals surface area contributed by atoms with E-state index in [2.05, 4.69) is 35.1 Å². The summed E-state index contributed by atoms with van der Waals surface area (Å²) in [6.07, 6.45) is 0. The van der Waals surface area contributed by atoms with Crippen molar-refractivity contribution in [1.29, 1.82) is 0 Å². The summed E-state index contributed by atoms with van der Waals surface area (Å²) in [4.78, 5) is 31.0. The monoisotopic (exact) mass is 389 g/mol. The van der Waals surface area contributed by atoms with Gasteiger partial charge in [-0.1, -0.05) is 42.5 Å². The molecule has 0 unspecified atom stereocenters. The van der Waals surface area contributed by atoms with Crippen LogP contribution in [0.3, 0.4) is 0 Å². The first-order valence-corrected chi connectivity index (χ1v) is 9.75. The number of benzene rings is 2. The van der Waals surface area contributed by atoms with Gasteiger partial charge in [0.05, 0.1) is 5.69 Å². The van der Waals surface area contributed by atoms with Crippen LogP contribution in [-0.4, -0.2) is 28.2 Å². The van der Waals surface area contributed by atoms with Crippen molar-refractivity contribution in [3.8, 4) is 11.3 Å². The van der Waals surface area contributed by atoms with E-state index < -0.39 is 0 Å². The first-order valence-electron chi connectivity index (χ1n) is 8.87. The van der Waals surface area contributed by atoms with E-state index in [0.717, 1.165) is 27.9 Å². The molecular weight excluding hydrogens is 370 g/mol. The molecule has 3 aromatic rings. The van der Waals surface area contributed by atoms with Gasteiger partial charge in [0.2, 0.25) is 5.91 Å². The fourth-order valence-corrected chi connectivity index (χ4v) is 4.00. The van der Waals surface area contributed by atoms with Crippen molar-refractivity contribution in [2.45, 2.75) is 13.8 Å². The van der Waals surface area contributed by atoms with Crippen molar-refractivity contribution >= 4 is 34.0 Å². The van der Waals surface area contributed by atoms with Gasteiger partial charge in [0.15, 0.2) is 5.13 Å². The highest BCUT2D eigenvalue weighted by Crippen LogP contribution is 2.31. The Morgan fingerprint density at radius 2 is 1.89 bits per heavy atom. The Morgan fingerprint density at radius 3 is 2.64 bits per heavy atom. The van der Waals surface area contributed by atoms with E-state index in [-0.39, 0.29) is 18.4 Å².